The van der Waals surface area contributed by atoms with Gasteiger partial charge in [0.05, 0.1) is 18.3 Å². The smallest absolute Gasteiger partial charge is 0.0866 e. The number of epoxide rings is 1. The van der Waals surface area contributed by atoms with E-state index in [1.807, 2.05) is 0 Å². The number of ether oxygens (including phenoxy) is 2. The average molecular weight is 128 g/mol. The molecule has 0 spiro atoms. The molecule has 9 heavy (non-hydrogen) atoms. The van der Waals surface area contributed by atoms with Gasteiger partial charge in [-0.2, -0.15) is 0 Å². The van der Waals surface area contributed by atoms with Gasteiger partial charge < -0.3 is 9.47 Å². The van der Waals surface area contributed by atoms with Gasteiger partial charge in [0.1, 0.15) is 0 Å². The number of methoxy groups -OCH3 is 1. The minimum atomic E-state index is 0.480. The van der Waals surface area contributed by atoms with E-state index in [4.69, 9.17) is 9.47 Å². The lowest BCUT2D eigenvalue weighted by molar-refractivity contribution is 0.0770. The topological polar surface area (TPSA) is 21.8 Å². The molecule has 1 aliphatic carbocycles. The predicted molar refractivity (Wildman–Crippen MR) is 33.3 cm³/mol. The molecule has 2 nitrogen and oxygen atoms in total. The summed E-state index contributed by atoms with van der Waals surface area (Å²) in [6.45, 7) is 0. The third-order valence-corrected chi connectivity index (χ3v) is 2.29. The molecule has 1 saturated heterocycles. The zero-order chi connectivity index (χ0) is 6.27. The van der Waals surface area contributed by atoms with Crippen LogP contribution in [-0.4, -0.2) is 25.4 Å². The van der Waals surface area contributed by atoms with E-state index in [-0.39, 0.29) is 0 Å². The Kier molecular flexibility index (Phi) is 1.24. The van der Waals surface area contributed by atoms with E-state index in [1.165, 1.54) is 12.8 Å². The lowest BCUT2D eigenvalue weighted by Gasteiger charge is -2.16. The van der Waals surface area contributed by atoms with Crippen molar-refractivity contribution in [2.24, 2.45) is 0 Å². The zero-order valence-electron chi connectivity index (χ0n) is 5.67. The fourth-order valence-electron chi connectivity index (χ4n) is 1.58. The van der Waals surface area contributed by atoms with Crippen molar-refractivity contribution in [1.82, 2.24) is 0 Å². The summed E-state index contributed by atoms with van der Waals surface area (Å²) in [4.78, 5) is 0. The summed E-state index contributed by atoms with van der Waals surface area (Å²) >= 11 is 0. The highest BCUT2D eigenvalue weighted by atomic mass is 16.6. The predicted octanol–water partition coefficient (Wildman–Crippen LogP) is 0.953. The van der Waals surface area contributed by atoms with Crippen molar-refractivity contribution in [1.29, 1.82) is 0 Å². The summed E-state index contributed by atoms with van der Waals surface area (Å²) in [5.74, 6) is 0. The van der Waals surface area contributed by atoms with Crippen LogP contribution in [0.2, 0.25) is 0 Å². The Morgan fingerprint density at radius 1 is 1.33 bits per heavy atom. The first-order chi connectivity index (χ1) is 4.40. The summed E-state index contributed by atoms with van der Waals surface area (Å²) < 4.78 is 10.5. The Labute approximate surface area is 55.1 Å². The van der Waals surface area contributed by atoms with E-state index in [2.05, 4.69) is 0 Å². The van der Waals surface area contributed by atoms with Gasteiger partial charge in [-0.05, 0) is 12.8 Å². The molecule has 3 atom stereocenters. The Balaban J connectivity index is 1.86. The third-order valence-electron chi connectivity index (χ3n) is 2.29. The number of hydrogen-bond donors (Lipinski definition) is 0. The molecule has 52 valence electrons. The second-order valence-corrected chi connectivity index (χ2v) is 2.88. The normalized spacial score (nSPS) is 48.3. The molecule has 2 heteroatoms. The molecule has 1 heterocycles. The van der Waals surface area contributed by atoms with Crippen LogP contribution in [0.1, 0.15) is 19.3 Å². The van der Waals surface area contributed by atoms with E-state index in [9.17, 15) is 0 Å². The van der Waals surface area contributed by atoms with Gasteiger partial charge in [-0.15, -0.1) is 0 Å². The summed E-state index contributed by atoms with van der Waals surface area (Å²) in [5, 5.41) is 0. The number of hydrogen-bond acceptors (Lipinski definition) is 2. The molecule has 0 bridgehead atoms. The van der Waals surface area contributed by atoms with Gasteiger partial charge in [-0.3, -0.25) is 0 Å². The second-order valence-electron chi connectivity index (χ2n) is 2.88. The standard InChI is InChI=1S/C7H12O2/c1-8-5-2-3-6-7(4-5)9-6/h5-7H,2-4H2,1H3. The van der Waals surface area contributed by atoms with Crippen molar-refractivity contribution >= 4 is 0 Å². The minimum Gasteiger partial charge on any atom is -0.381 e. The molecule has 0 aromatic carbocycles. The molecule has 0 radical (unpaired) electrons. The molecule has 2 fully saturated rings. The van der Waals surface area contributed by atoms with Crippen LogP contribution >= 0.6 is 0 Å². The Hall–Kier alpha value is -0.0800. The van der Waals surface area contributed by atoms with E-state index in [0.29, 0.717) is 18.3 Å². The molecule has 3 unspecified atom stereocenters. The van der Waals surface area contributed by atoms with E-state index >= 15 is 0 Å². The third kappa shape index (κ3) is 0.970. The van der Waals surface area contributed by atoms with Gasteiger partial charge >= 0.3 is 0 Å². The summed E-state index contributed by atoms with van der Waals surface area (Å²) in [5.41, 5.74) is 0. The van der Waals surface area contributed by atoms with Gasteiger partial charge in [-0.25, -0.2) is 0 Å². The van der Waals surface area contributed by atoms with Crippen LogP contribution < -0.4 is 0 Å². The van der Waals surface area contributed by atoms with E-state index < -0.39 is 0 Å². The molecule has 0 N–H and O–H groups in total. The highest BCUT2D eigenvalue weighted by Gasteiger charge is 2.43. The molecule has 0 aromatic heterocycles. The molecule has 0 amide bonds. The average Bonchev–Trinajstić information content (AvgIpc) is 2.64. The lowest BCUT2D eigenvalue weighted by atomic mass is 9.98. The van der Waals surface area contributed by atoms with Crippen molar-refractivity contribution in [2.45, 2.75) is 37.6 Å². The fourth-order valence-corrected chi connectivity index (χ4v) is 1.58. The molecule has 0 aromatic rings. The summed E-state index contributed by atoms with van der Waals surface area (Å²) in [6.07, 6.45) is 5.18. The maximum atomic E-state index is 5.33. The highest BCUT2D eigenvalue weighted by molar-refractivity contribution is 4.92. The molecular weight excluding hydrogens is 116 g/mol. The fraction of sp³-hybridized carbons (Fsp3) is 1.00. The number of rotatable bonds is 1. The largest absolute Gasteiger partial charge is 0.381 e. The molecular formula is C7H12O2. The molecule has 1 saturated carbocycles. The van der Waals surface area contributed by atoms with Crippen LogP contribution in [0, 0.1) is 0 Å². The van der Waals surface area contributed by atoms with Gasteiger partial charge in [0, 0.05) is 13.5 Å². The van der Waals surface area contributed by atoms with Crippen LogP contribution in [0.3, 0.4) is 0 Å². The Bertz CT molecular complexity index is 113. The molecule has 2 aliphatic rings. The van der Waals surface area contributed by atoms with Crippen molar-refractivity contribution in [2.75, 3.05) is 7.11 Å². The quantitative estimate of drug-likeness (QED) is 0.490. The first-order valence-electron chi connectivity index (χ1n) is 3.58. The number of fused-ring (bicyclic) bond motifs is 1. The van der Waals surface area contributed by atoms with Crippen LogP contribution in [0.25, 0.3) is 0 Å². The van der Waals surface area contributed by atoms with Crippen molar-refractivity contribution in [3.05, 3.63) is 0 Å². The summed E-state index contributed by atoms with van der Waals surface area (Å²) in [6, 6.07) is 0. The molecule has 1 aliphatic heterocycles. The van der Waals surface area contributed by atoms with Crippen molar-refractivity contribution in [3.8, 4) is 0 Å². The van der Waals surface area contributed by atoms with E-state index in [0.717, 1.165) is 6.42 Å². The Morgan fingerprint density at radius 2 is 2.22 bits per heavy atom. The van der Waals surface area contributed by atoms with Crippen LogP contribution in [0.15, 0.2) is 0 Å². The van der Waals surface area contributed by atoms with Gasteiger partial charge in [-0.1, -0.05) is 0 Å². The van der Waals surface area contributed by atoms with E-state index in [1.54, 1.807) is 7.11 Å². The Morgan fingerprint density at radius 3 is 2.89 bits per heavy atom. The summed E-state index contributed by atoms with van der Waals surface area (Å²) in [7, 11) is 1.79. The first kappa shape index (κ1) is 5.69. The maximum Gasteiger partial charge on any atom is 0.0866 e. The SMILES string of the molecule is COC1CCC2OC2C1. The first-order valence-corrected chi connectivity index (χ1v) is 3.58. The highest BCUT2D eigenvalue weighted by Crippen LogP contribution is 2.37. The maximum absolute atomic E-state index is 5.33. The monoisotopic (exact) mass is 128 g/mol. The lowest BCUT2D eigenvalue weighted by Crippen LogP contribution is -2.19. The van der Waals surface area contributed by atoms with Crippen LogP contribution in [0.5, 0.6) is 0 Å². The van der Waals surface area contributed by atoms with Gasteiger partial charge in [0.25, 0.3) is 0 Å². The molecule has 2 rings (SSSR count). The van der Waals surface area contributed by atoms with Crippen molar-refractivity contribution < 1.29 is 9.47 Å². The zero-order valence-corrected chi connectivity index (χ0v) is 5.67. The van der Waals surface area contributed by atoms with Gasteiger partial charge in [0.15, 0.2) is 0 Å². The van der Waals surface area contributed by atoms with Crippen molar-refractivity contribution in [3.63, 3.8) is 0 Å². The second kappa shape index (κ2) is 1.96. The van der Waals surface area contributed by atoms with Crippen LogP contribution in [-0.2, 0) is 9.47 Å². The van der Waals surface area contributed by atoms with Gasteiger partial charge in [0.2, 0.25) is 0 Å². The minimum absolute atomic E-state index is 0.480. The van der Waals surface area contributed by atoms with Crippen LogP contribution in [0.4, 0.5) is 0 Å².